The summed E-state index contributed by atoms with van der Waals surface area (Å²) in [5.41, 5.74) is 1.20. The third-order valence-electron chi connectivity index (χ3n) is 3.80. The van der Waals surface area contributed by atoms with Crippen LogP contribution in [-0.2, 0) is 0 Å². The van der Waals surface area contributed by atoms with Crippen molar-refractivity contribution in [2.24, 2.45) is 0 Å². The van der Waals surface area contributed by atoms with Crippen LogP contribution in [0.25, 0.3) is 0 Å². The smallest absolute Gasteiger partial charge is 0.170 e. The molecule has 116 valence electrons. The highest BCUT2D eigenvalue weighted by atomic mass is 35.5. The van der Waals surface area contributed by atoms with E-state index in [1.807, 2.05) is 43.3 Å². The van der Waals surface area contributed by atoms with E-state index in [0.717, 1.165) is 31.0 Å². The standard InChI is InChI=1S/C18H20ClNO2/c1-13-3-6-15(7-4-13)21-18-11-14(19)5-8-17(18)22-16-9-10-20(2)12-16/h3-8,11,16H,9-10,12H2,1-2H3/t16-/m1/s1. The molecule has 1 aliphatic rings. The minimum atomic E-state index is 0.201. The number of benzene rings is 2. The largest absolute Gasteiger partial charge is 0.485 e. The van der Waals surface area contributed by atoms with Crippen molar-refractivity contribution >= 4 is 11.6 Å². The Bertz CT molecular complexity index is 642. The molecular weight excluding hydrogens is 298 g/mol. The number of likely N-dealkylation sites (tertiary alicyclic amines) is 1. The molecule has 3 nitrogen and oxygen atoms in total. The molecule has 0 spiro atoms. The first-order chi connectivity index (χ1) is 10.6. The predicted octanol–water partition coefficient (Wildman–Crippen LogP) is 4.52. The van der Waals surface area contributed by atoms with Gasteiger partial charge in [0.25, 0.3) is 0 Å². The zero-order valence-electron chi connectivity index (χ0n) is 12.9. The van der Waals surface area contributed by atoms with Crippen LogP contribution >= 0.6 is 11.6 Å². The molecule has 0 saturated carbocycles. The van der Waals surface area contributed by atoms with Gasteiger partial charge in [-0.1, -0.05) is 29.3 Å². The lowest BCUT2D eigenvalue weighted by atomic mass is 10.2. The Morgan fingerprint density at radius 2 is 1.86 bits per heavy atom. The second-order valence-corrected chi connectivity index (χ2v) is 6.23. The SMILES string of the molecule is Cc1ccc(Oc2cc(Cl)ccc2O[C@@H]2CCN(C)C2)cc1. The second-order valence-electron chi connectivity index (χ2n) is 5.80. The second kappa shape index (κ2) is 6.59. The average Bonchev–Trinajstić information content (AvgIpc) is 2.90. The van der Waals surface area contributed by atoms with Gasteiger partial charge in [0, 0.05) is 24.2 Å². The molecule has 4 heteroatoms. The van der Waals surface area contributed by atoms with Crippen LogP contribution in [0, 0.1) is 6.92 Å². The first-order valence-electron chi connectivity index (χ1n) is 7.49. The molecule has 0 N–H and O–H groups in total. The maximum atomic E-state index is 6.10. The number of halogens is 1. The molecule has 1 fully saturated rings. The number of rotatable bonds is 4. The molecule has 22 heavy (non-hydrogen) atoms. The van der Waals surface area contributed by atoms with Gasteiger partial charge < -0.3 is 14.4 Å². The van der Waals surface area contributed by atoms with Crippen LogP contribution in [-0.4, -0.2) is 31.1 Å². The Morgan fingerprint density at radius 3 is 2.55 bits per heavy atom. The van der Waals surface area contributed by atoms with E-state index in [9.17, 15) is 0 Å². The number of hydrogen-bond donors (Lipinski definition) is 0. The quantitative estimate of drug-likeness (QED) is 0.827. The number of ether oxygens (including phenoxy) is 2. The highest BCUT2D eigenvalue weighted by Crippen LogP contribution is 2.35. The first kappa shape index (κ1) is 15.2. The molecule has 0 unspecified atom stereocenters. The van der Waals surface area contributed by atoms with Gasteiger partial charge in [-0.2, -0.15) is 0 Å². The monoisotopic (exact) mass is 317 g/mol. The molecule has 3 rings (SSSR count). The van der Waals surface area contributed by atoms with Gasteiger partial charge in [-0.25, -0.2) is 0 Å². The molecule has 1 heterocycles. The molecule has 1 saturated heterocycles. The number of nitrogens with zero attached hydrogens (tertiary/aromatic N) is 1. The molecule has 2 aromatic rings. The van der Waals surface area contributed by atoms with E-state index < -0.39 is 0 Å². The van der Waals surface area contributed by atoms with Crippen LogP contribution in [0.4, 0.5) is 0 Å². The Labute approximate surface area is 136 Å². The number of hydrogen-bond acceptors (Lipinski definition) is 3. The van der Waals surface area contributed by atoms with Crippen molar-refractivity contribution in [1.82, 2.24) is 4.90 Å². The highest BCUT2D eigenvalue weighted by molar-refractivity contribution is 6.30. The summed E-state index contributed by atoms with van der Waals surface area (Å²) in [6.45, 7) is 4.05. The van der Waals surface area contributed by atoms with Crippen molar-refractivity contribution in [3.8, 4) is 17.2 Å². The fourth-order valence-corrected chi connectivity index (χ4v) is 2.72. The lowest BCUT2D eigenvalue weighted by molar-refractivity contribution is 0.201. The van der Waals surface area contributed by atoms with Gasteiger partial charge >= 0.3 is 0 Å². The van der Waals surface area contributed by atoms with Crippen molar-refractivity contribution in [2.45, 2.75) is 19.4 Å². The topological polar surface area (TPSA) is 21.7 Å². The molecule has 0 aromatic heterocycles. The third kappa shape index (κ3) is 3.73. The van der Waals surface area contributed by atoms with E-state index in [-0.39, 0.29) is 6.10 Å². The van der Waals surface area contributed by atoms with Crippen LogP contribution in [0.5, 0.6) is 17.2 Å². The summed E-state index contributed by atoms with van der Waals surface area (Å²) in [5, 5.41) is 0.637. The molecule has 0 bridgehead atoms. The normalized spacial score (nSPS) is 18.4. The van der Waals surface area contributed by atoms with Crippen molar-refractivity contribution in [3.05, 3.63) is 53.1 Å². The van der Waals surface area contributed by atoms with E-state index in [1.165, 1.54) is 5.56 Å². The third-order valence-corrected chi connectivity index (χ3v) is 4.03. The highest BCUT2D eigenvalue weighted by Gasteiger charge is 2.22. The minimum Gasteiger partial charge on any atom is -0.485 e. The van der Waals surface area contributed by atoms with Crippen molar-refractivity contribution in [1.29, 1.82) is 0 Å². The van der Waals surface area contributed by atoms with Gasteiger partial charge in [0.1, 0.15) is 11.9 Å². The van der Waals surface area contributed by atoms with E-state index in [2.05, 4.69) is 11.9 Å². The van der Waals surface area contributed by atoms with E-state index >= 15 is 0 Å². The van der Waals surface area contributed by atoms with Crippen LogP contribution < -0.4 is 9.47 Å². The van der Waals surface area contributed by atoms with Crippen LogP contribution in [0.15, 0.2) is 42.5 Å². The fraction of sp³-hybridized carbons (Fsp3) is 0.333. The molecule has 0 amide bonds. The zero-order chi connectivity index (χ0) is 15.5. The van der Waals surface area contributed by atoms with Crippen molar-refractivity contribution in [3.63, 3.8) is 0 Å². The zero-order valence-corrected chi connectivity index (χ0v) is 13.6. The summed E-state index contributed by atoms with van der Waals surface area (Å²) in [5.74, 6) is 2.18. The summed E-state index contributed by atoms with van der Waals surface area (Å²) in [6, 6.07) is 13.4. The Kier molecular flexibility index (Phi) is 4.55. The first-order valence-corrected chi connectivity index (χ1v) is 7.87. The molecule has 1 aliphatic heterocycles. The van der Waals surface area contributed by atoms with Gasteiger partial charge in [-0.05, 0) is 44.7 Å². The Hall–Kier alpha value is -1.71. The van der Waals surface area contributed by atoms with Gasteiger partial charge in [0.15, 0.2) is 11.5 Å². The predicted molar refractivity (Wildman–Crippen MR) is 89.2 cm³/mol. The van der Waals surface area contributed by atoms with Gasteiger partial charge in [-0.3, -0.25) is 0 Å². The molecule has 2 aromatic carbocycles. The maximum absolute atomic E-state index is 6.10. The van der Waals surface area contributed by atoms with Gasteiger partial charge in [0.05, 0.1) is 0 Å². The minimum absolute atomic E-state index is 0.201. The van der Waals surface area contributed by atoms with Crippen LogP contribution in [0.3, 0.4) is 0 Å². The summed E-state index contributed by atoms with van der Waals surface area (Å²) >= 11 is 6.10. The molecular formula is C18H20ClNO2. The van der Waals surface area contributed by atoms with Crippen LogP contribution in [0.2, 0.25) is 5.02 Å². The van der Waals surface area contributed by atoms with Gasteiger partial charge in [0.2, 0.25) is 0 Å². The number of aryl methyl sites for hydroxylation is 1. The van der Waals surface area contributed by atoms with E-state index in [1.54, 1.807) is 6.07 Å². The maximum Gasteiger partial charge on any atom is 0.170 e. The summed E-state index contributed by atoms with van der Waals surface area (Å²) in [6.07, 6.45) is 1.23. The van der Waals surface area contributed by atoms with E-state index in [4.69, 9.17) is 21.1 Å². The Balaban J connectivity index is 1.79. The lowest BCUT2D eigenvalue weighted by Gasteiger charge is -2.17. The summed E-state index contributed by atoms with van der Waals surface area (Å²) in [7, 11) is 2.11. The van der Waals surface area contributed by atoms with Crippen molar-refractivity contribution in [2.75, 3.05) is 20.1 Å². The average molecular weight is 318 g/mol. The molecule has 0 radical (unpaired) electrons. The molecule has 0 aliphatic carbocycles. The van der Waals surface area contributed by atoms with Gasteiger partial charge in [-0.15, -0.1) is 0 Å². The van der Waals surface area contributed by atoms with E-state index in [0.29, 0.717) is 10.8 Å². The fourth-order valence-electron chi connectivity index (χ4n) is 2.56. The lowest BCUT2D eigenvalue weighted by Crippen LogP contribution is -2.21. The summed E-state index contributed by atoms with van der Waals surface area (Å²) in [4.78, 5) is 2.26. The number of likely N-dealkylation sites (N-methyl/N-ethyl adjacent to an activating group) is 1. The van der Waals surface area contributed by atoms with Crippen molar-refractivity contribution < 1.29 is 9.47 Å². The van der Waals surface area contributed by atoms with Crippen LogP contribution in [0.1, 0.15) is 12.0 Å². The summed E-state index contributed by atoms with van der Waals surface area (Å²) < 4.78 is 12.1. The molecule has 1 atom stereocenters. The Morgan fingerprint density at radius 1 is 1.09 bits per heavy atom.